The molecule has 1 aromatic heterocycles. The highest BCUT2D eigenvalue weighted by Crippen LogP contribution is 2.33. The Balaban J connectivity index is 2.00. The van der Waals surface area contributed by atoms with E-state index in [9.17, 15) is 0 Å². The maximum Gasteiger partial charge on any atom is 0.209 e. The van der Waals surface area contributed by atoms with Gasteiger partial charge in [-0.05, 0) is 30.3 Å². The molecule has 1 aliphatic rings. The number of aryl methyl sites for hydroxylation is 1. The van der Waals surface area contributed by atoms with Crippen LogP contribution in [-0.2, 0) is 7.05 Å². The SMILES string of the molecule is CNC1CCCC1Sc1nnnn1C. The van der Waals surface area contributed by atoms with Crippen molar-refractivity contribution in [3.8, 4) is 0 Å². The molecule has 2 unspecified atom stereocenters. The van der Waals surface area contributed by atoms with Gasteiger partial charge in [0.15, 0.2) is 0 Å². The van der Waals surface area contributed by atoms with Crippen molar-refractivity contribution >= 4 is 11.8 Å². The molecule has 1 heterocycles. The van der Waals surface area contributed by atoms with Crippen LogP contribution in [0.3, 0.4) is 0 Å². The molecule has 1 saturated carbocycles. The summed E-state index contributed by atoms with van der Waals surface area (Å²) in [6.07, 6.45) is 3.82. The van der Waals surface area contributed by atoms with Crippen molar-refractivity contribution < 1.29 is 0 Å². The van der Waals surface area contributed by atoms with E-state index in [0.29, 0.717) is 11.3 Å². The van der Waals surface area contributed by atoms with Gasteiger partial charge in [-0.1, -0.05) is 18.2 Å². The molecule has 0 aliphatic heterocycles. The van der Waals surface area contributed by atoms with Gasteiger partial charge in [-0.3, -0.25) is 0 Å². The maximum atomic E-state index is 3.99. The van der Waals surface area contributed by atoms with Gasteiger partial charge in [-0.2, -0.15) is 0 Å². The average Bonchev–Trinajstić information content (AvgIpc) is 2.77. The quantitative estimate of drug-likeness (QED) is 0.789. The lowest BCUT2D eigenvalue weighted by atomic mass is 10.2. The molecule has 0 spiro atoms. The van der Waals surface area contributed by atoms with Gasteiger partial charge in [0, 0.05) is 18.3 Å². The first-order valence-corrected chi connectivity index (χ1v) is 5.75. The van der Waals surface area contributed by atoms with Crippen molar-refractivity contribution in [2.24, 2.45) is 7.05 Å². The lowest BCUT2D eigenvalue weighted by Crippen LogP contribution is -2.30. The summed E-state index contributed by atoms with van der Waals surface area (Å²) < 4.78 is 1.73. The van der Waals surface area contributed by atoms with Crippen LogP contribution in [0.15, 0.2) is 5.16 Å². The third-order valence-electron chi connectivity index (χ3n) is 2.66. The molecule has 0 saturated heterocycles. The predicted octanol–water partition coefficient (Wildman–Crippen LogP) is 0.443. The molecular formula is C8H15N5S. The van der Waals surface area contributed by atoms with Gasteiger partial charge in [0.1, 0.15) is 0 Å². The van der Waals surface area contributed by atoms with Gasteiger partial charge in [-0.15, -0.1) is 5.10 Å². The minimum absolute atomic E-state index is 0.608. The Morgan fingerprint density at radius 2 is 2.36 bits per heavy atom. The zero-order chi connectivity index (χ0) is 9.97. The summed E-state index contributed by atoms with van der Waals surface area (Å²) in [7, 11) is 3.91. The Bertz CT molecular complexity index is 300. The fourth-order valence-corrected chi connectivity index (χ4v) is 3.12. The number of hydrogen-bond donors (Lipinski definition) is 1. The second-order valence-corrected chi connectivity index (χ2v) is 4.77. The fraction of sp³-hybridized carbons (Fsp3) is 0.875. The summed E-state index contributed by atoms with van der Waals surface area (Å²) >= 11 is 1.78. The van der Waals surface area contributed by atoms with E-state index in [1.165, 1.54) is 19.3 Å². The highest BCUT2D eigenvalue weighted by Gasteiger charge is 2.28. The molecule has 1 aliphatic carbocycles. The molecule has 0 radical (unpaired) electrons. The Morgan fingerprint density at radius 1 is 1.50 bits per heavy atom. The Labute approximate surface area is 87.6 Å². The minimum atomic E-state index is 0.608. The fourth-order valence-electron chi connectivity index (χ4n) is 1.85. The van der Waals surface area contributed by atoms with Crippen LogP contribution in [0.1, 0.15) is 19.3 Å². The van der Waals surface area contributed by atoms with Crippen LogP contribution in [0.25, 0.3) is 0 Å². The standard InChI is InChI=1S/C8H15N5S/c1-9-6-4-3-5-7(6)14-8-10-11-12-13(8)2/h6-7,9H,3-5H2,1-2H3. The van der Waals surface area contributed by atoms with Crippen LogP contribution in [0.2, 0.25) is 0 Å². The van der Waals surface area contributed by atoms with Gasteiger partial charge in [0.25, 0.3) is 0 Å². The molecule has 5 nitrogen and oxygen atoms in total. The Hall–Kier alpha value is -0.620. The summed E-state index contributed by atoms with van der Waals surface area (Å²) in [4.78, 5) is 0. The zero-order valence-corrected chi connectivity index (χ0v) is 9.29. The summed E-state index contributed by atoms with van der Waals surface area (Å²) in [6.45, 7) is 0. The van der Waals surface area contributed by atoms with Gasteiger partial charge in [0.05, 0.1) is 0 Å². The molecule has 0 bridgehead atoms. The Kier molecular flexibility index (Phi) is 3.02. The van der Waals surface area contributed by atoms with Gasteiger partial charge in [0.2, 0.25) is 5.16 Å². The number of thioether (sulfide) groups is 1. The third kappa shape index (κ3) is 1.90. The Morgan fingerprint density at radius 3 is 3.00 bits per heavy atom. The van der Waals surface area contributed by atoms with Crippen LogP contribution in [0.4, 0.5) is 0 Å². The van der Waals surface area contributed by atoms with Crippen LogP contribution >= 0.6 is 11.8 Å². The van der Waals surface area contributed by atoms with Crippen LogP contribution < -0.4 is 5.32 Å². The van der Waals surface area contributed by atoms with E-state index in [2.05, 4.69) is 20.8 Å². The van der Waals surface area contributed by atoms with Crippen LogP contribution in [0.5, 0.6) is 0 Å². The lowest BCUT2D eigenvalue weighted by molar-refractivity contribution is 0.588. The van der Waals surface area contributed by atoms with Crippen molar-refractivity contribution in [2.75, 3.05) is 7.05 Å². The molecule has 1 fully saturated rings. The van der Waals surface area contributed by atoms with Crippen molar-refractivity contribution in [1.29, 1.82) is 0 Å². The van der Waals surface area contributed by atoms with Crippen molar-refractivity contribution in [1.82, 2.24) is 25.5 Å². The zero-order valence-electron chi connectivity index (χ0n) is 8.47. The number of rotatable bonds is 3. The normalized spacial score (nSPS) is 27.0. The molecule has 2 atom stereocenters. The summed E-state index contributed by atoms with van der Waals surface area (Å²) in [5.74, 6) is 0. The largest absolute Gasteiger partial charge is 0.316 e. The number of aromatic nitrogens is 4. The second-order valence-electron chi connectivity index (χ2n) is 3.57. The van der Waals surface area contributed by atoms with E-state index in [0.717, 1.165) is 5.16 Å². The number of nitrogens with one attached hydrogen (secondary N) is 1. The van der Waals surface area contributed by atoms with Crippen molar-refractivity contribution in [3.05, 3.63) is 0 Å². The van der Waals surface area contributed by atoms with E-state index in [1.54, 1.807) is 16.4 Å². The van der Waals surface area contributed by atoms with Crippen LogP contribution in [-0.4, -0.2) is 38.5 Å². The molecule has 78 valence electrons. The van der Waals surface area contributed by atoms with Gasteiger partial charge >= 0.3 is 0 Å². The summed E-state index contributed by atoms with van der Waals surface area (Å²) in [6, 6.07) is 0.608. The first kappa shape index (κ1) is 9.92. The highest BCUT2D eigenvalue weighted by atomic mass is 32.2. The molecule has 1 N–H and O–H groups in total. The first-order valence-electron chi connectivity index (χ1n) is 4.87. The number of tetrazole rings is 1. The molecule has 6 heteroatoms. The maximum absolute atomic E-state index is 3.99. The van der Waals surface area contributed by atoms with Gasteiger partial charge < -0.3 is 5.32 Å². The molecule has 1 aromatic rings. The monoisotopic (exact) mass is 213 g/mol. The van der Waals surface area contributed by atoms with Gasteiger partial charge in [-0.25, -0.2) is 4.68 Å². The number of nitrogens with zero attached hydrogens (tertiary/aromatic N) is 4. The lowest BCUT2D eigenvalue weighted by Gasteiger charge is -2.16. The van der Waals surface area contributed by atoms with E-state index in [-0.39, 0.29) is 0 Å². The van der Waals surface area contributed by atoms with E-state index in [1.807, 2.05) is 14.1 Å². The summed E-state index contributed by atoms with van der Waals surface area (Å²) in [5.41, 5.74) is 0. The predicted molar refractivity (Wildman–Crippen MR) is 55.1 cm³/mol. The van der Waals surface area contributed by atoms with E-state index < -0.39 is 0 Å². The van der Waals surface area contributed by atoms with E-state index in [4.69, 9.17) is 0 Å². The average molecular weight is 213 g/mol. The van der Waals surface area contributed by atoms with Crippen molar-refractivity contribution in [3.63, 3.8) is 0 Å². The number of hydrogen-bond acceptors (Lipinski definition) is 5. The smallest absolute Gasteiger partial charge is 0.209 e. The third-order valence-corrected chi connectivity index (χ3v) is 4.09. The molecule has 0 amide bonds. The molecule has 0 aromatic carbocycles. The topological polar surface area (TPSA) is 55.6 Å². The highest BCUT2D eigenvalue weighted by molar-refractivity contribution is 7.99. The first-order chi connectivity index (χ1) is 6.81. The van der Waals surface area contributed by atoms with E-state index >= 15 is 0 Å². The molecule has 14 heavy (non-hydrogen) atoms. The van der Waals surface area contributed by atoms with Crippen molar-refractivity contribution in [2.45, 2.75) is 35.7 Å². The minimum Gasteiger partial charge on any atom is -0.316 e. The van der Waals surface area contributed by atoms with Crippen LogP contribution in [0, 0.1) is 0 Å². The second kappa shape index (κ2) is 4.27. The molecular weight excluding hydrogens is 198 g/mol. The molecule has 2 rings (SSSR count). The summed E-state index contributed by atoms with van der Waals surface area (Å²) in [5, 5.41) is 16.3.